The number of rotatable bonds is 3. The zero-order valence-corrected chi connectivity index (χ0v) is 21.1. The van der Waals surface area contributed by atoms with Gasteiger partial charge in [-0.1, -0.05) is 91.0 Å². The van der Waals surface area contributed by atoms with Gasteiger partial charge in [-0.05, 0) is 46.5 Å². The molecule has 4 heteroatoms. The Labute approximate surface area is 222 Å². The third-order valence-electron chi connectivity index (χ3n) is 7.21. The molecule has 0 unspecified atom stereocenters. The van der Waals surface area contributed by atoms with Crippen molar-refractivity contribution in [1.82, 2.24) is 9.97 Å². The molecule has 0 fully saturated rings. The largest absolute Gasteiger partial charge is 0.452 e. The van der Waals surface area contributed by atoms with Crippen molar-refractivity contribution in [2.45, 2.75) is 0 Å². The van der Waals surface area contributed by atoms with Crippen molar-refractivity contribution in [3.8, 4) is 33.5 Å². The fraction of sp³-hybridized carbons (Fsp3) is 0. The second-order valence-electron chi connectivity index (χ2n) is 9.44. The predicted octanol–water partition coefficient (Wildman–Crippen LogP) is 9.74. The minimum Gasteiger partial charge on any atom is -0.452 e. The van der Waals surface area contributed by atoms with E-state index in [4.69, 9.17) is 4.42 Å². The van der Waals surface area contributed by atoms with Gasteiger partial charge in [-0.3, -0.25) is 0 Å². The van der Waals surface area contributed by atoms with Crippen LogP contribution in [-0.4, -0.2) is 9.97 Å². The zero-order valence-electron chi connectivity index (χ0n) is 20.3. The topological polar surface area (TPSA) is 38.9 Å². The summed E-state index contributed by atoms with van der Waals surface area (Å²) in [6, 6.07) is 40.5. The molecule has 0 N–H and O–H groups in total. The summed E-state index contributed by atoms with van der Waals surface area (Å²) in [4.78, 5) is 9.14. The molecular weight excluding hydrogens is 484 g/mol. The standard InChI is InChI=1S/C34H20N2OS/c1-2-8-21(9-3-1)31-33-32(36-20-35-31)28-19-23(16-17-29(28)37-33)22-10-6-11-24(18-22)25-13-7-14-27-26-12-4-5-15-30(26)38-34(25)27/h1-20H. The summed E-state index contributed by atoms with van der Waals surface area (Å²) in [5.41, 5.74) is 8.96. The van der Waals surface area contributed by atoms with Crippen LogP contribution in [0.1, 0.15) is 0 Å². The summed E-state index contributed by atoms with van der Waals surface area (Å²) >= 11 is 1.86. The van der Waals surface area contributed by atoms with Crippen molar-refractivity contribution in [2.75, 3.05) is 0 Å². The lowest BCUT2D eigenvalue weighted by molar-refractivity contribution is 0.667. The van der Waals surface area contributed by atoms with E-state index in [9.17, 15) is 0 Å². The molecule has 0 atom stereocenters. The molecule has 0 aliphatic rings. The van der Waals surface area contributed by atoms with Crippen LogP contribution >= 0.6 is 11.3 Å². The predicted molar refractivity (Wildman–Crippen MR) is 159 cm³/mol. The second kappa shape index (κ2) is 8.37. The number of benzene rings is 5. The second-order valence-corrected chi connectivity index (χ2v) is 10.5. The Bertz CT molecular complexity index is 2140. The monoisotopic (exact) mass is 504 g/mol. The van der Waals surface area contributed by atoms with Crippen molar-refractivity contribution in [1.29, 1.82) is 0 Å². The number of thiophene rings is 1. The van der Waals surface area contributed by atoms with Gasteiger partial charge < -0.3 is 4.42 Å². The average Bonchev–Trinajstić information content (AvgIpc) is 3.56. The smallest absolute Gasteiger partial charge is 0.180 e. The molecule has 0 aliphatic heterocycles. The van der Waals surface area contributed by atoms with Gasteiger partial charge in [-0.2, -0.15) is 0 Å². The molecule has 0 radical (unpaired) electrons. The normalized spacial score (nSPS) is 11.7. The van der Waals surface area contributed by atoms with Crippen LogP contribution in [0.3, 0.4) is 0 Å². The van der Waals surface area contributed by atoms with Gasteiger partial charge in [0, 0.05) is 31.1 Å². The third kappa shape index (κ3) is 3.28. The van der Waals surface area contributed by atoms with E-state index in [2.05, 4.69) is 88.8 Å². The summed E-state index contributed by atoms with van der Waals surface area (Å²) in [6.07, 6.45) is 1.62. The van der Waals surface area contributed by atoms with Crippen molar-refractivity contribution in [2.24, 2.45) is 0 Å². The van der Waals surface area contributed by atoms with Gasteiger partial charge in [0.1, 0.15) is 23.1 Å². The highest BCUT2D eigenvalue weighted by atomic mass is 32.1. The Kier molecular flexibility index (Phi) is 4.69. The van der Waals surface area contributed by atoms with Crippen LogP contribution in [0.4, 0.5) is 0 Å². The highest BCUT2D eigenvalue weighted by molar-refractivity contribution is 7.26. The summed E-state index contributed by atoms with van der Waals surface area (Å²) in [5, 5.41) is 3.63. The van der Waals surface area contributed by atoms with Gasteiger partial charge in [0.05, 0.1) is 0 Å². The van der Waals surface area contributed by atoms with Crippen LogP contribution in [-0.2, 0) is 0 Å². The van der Waals surface area contributed by atoms with Gasteiger partial charge >= 0.3 is 0 Å². The maximum absolute atomic E-state index is 6.28. The van der Waals surface area contributed by atoms with Crippen LogP contribution < -0.4 is 0 Å². The van der Waals surface area contributed by atoms with Crippen LogP contribution in [0.2, 0.25) is 0 Å². The van der Waals surface area contributed by atoms with Crippen molar-refractivity contribution in [3.05, 3.63) is 122 Å². The van der Waals surface area contributed by atoms with Gasteiger partial charge in [-0.25, -0.2) is 9.97 Å². The third-order valence-corrected chi connectivity index (χ3v) is 8.43. The molecule has 178 valence electrons. The fourth-order valence-corrected chi connectivity index (χ4v) is 6.64. The van der Waals surface area contributed by atoms with Gasteiger partial charge in [0.25, 0.3) is 0 Å². The highest BCUT2D eigenvalue weighted by Crippen LogP contribution is 2.41. The summed E-state index contributed by atoms with van der Waals surface area (Å²) in [7, 11) is 0. The van der Waals surface area contributed by atoms with Crippen LogP contribution in [0.5, 0.6) is 0 Å². The molecular formula is C34H20N2OS. The number of fused-ring (bicyclic) bond motifs is 6. The summed E-state index contributed by atoms with van der Waals surface area (Å²) in [6.45, 7) is 0. The Hall–Kier alpha value is -4.80. The van der Waals surface area contributed by atoms with Gasteiger partial charge in [-0.15, -0.1) is 11.3 Å². The van der Waals surface area contributed by atoms with Crippen molar-refractivity contribution in [3.63, 3.8) is 0 Å². The maximum Gasteiger partial charge on any atom is 0.180 e. The lowest BCUT2D eigenvalue weighted by atomic mass is 9.97. The van der Waals surface area contributed by atoms with Crippen LogP contribution in [0.25, 0.3) is 75.8 Å². The molecule has 5 aromatic carbocycles. The number of hydrogen-bond acceptors (Lipinski definition) is 4. The fourth-order valence-electron chi connectivity index (χ4n) is 5.40. The molecule has 0 spiro atoms. The van der Waals surface area contributed by atoms with E-state index in [1.165, 1.54) is 31.3 Å². The van der Waals surface area contributed by atoms with E-state index in [-0.39, 0.29) is 0 Å². The van der Waals surface area contributed by atoms with Crippen molar-refractivity contribution < 1.29 is 4.42 Å². The Morgan fingerprint density at radius 1 is 0.553 bits per heavy atom. The molecule has 38 heavy (non-hydrogen) atoms. The Morgan fingerprint density at radius 2 is 1.32 bits per heavy atom. The lowest BCUT2D eigenvalue weighted by Crippen LogP contribution is -1.86. The molecule has 0 aliphatic carbocycles. The van der Waals surface area contributed by atoms with E-state index >= 15 is 0 Å². The first-order valence-corrected chi connectivity index (χ1v) is 13.4. The first kappa shape index (κ1) is 21.3. The first-order valence-electron chi connectivity index (χ1n) is 12.6. The number of aromatic nitrogens is 2. The summed E-state index contributed by atoms with van der Waals surface area (Å²) in [5.74, 6) is 0. The van der Waals surface area contributed by atoms with E-state index in [0.717, 1.165) is 44.5 Å². The SMILES string of the molecule is c1ccc(-c2ncnc3c2oc2ccc(-c4cccc(-c5cccc6c5sc5ccccc56)c4)cc23)cc1. The number of nitrogens with zero attached hydrogens (tertiary/aromatic N) is 2. The average molecular weight is 505 g/mol. The van der Waals surface area contributed by atoms with E-state index in [0.29, 0.717) is 0 Å². The number of hydrogen-bond donors (Lipinski definition) is 0. The minimum atomic E-state index is 0.719. The molecule has 3 nitrogen and oxygen atoms in total. The van der Waals surface area contributed by atoms with E-state index in [1.807, 2.05) is 47.7 Å². The lowest BCUT2D eigenvalue weighted by Gasteiger charge is -2.08. The summed E-state index contributed by atoms with van der Waals surface area (Å²) < 4.78 is 8.92. The minimum absolute atomic E-state index is 0.719. The van der Waals surface area contributed by atoms with Gasteiger partial charge in [0.15, 0.2) is 5.58 Å². The molecule has 0 amide bonds. The quantitative estimate of drug-likeness (QED) is 0.240. The Balaban J connectivity index is 1.27. The molecule has 8 rings (SSSR count). The number of furan rings is 1. The van der Waals surface area contributed by atoms with Gasteiger partial charge in [0.2, 0.25) is 0 Å². The van der Waals surface area contributed by atoms with Crippen LogP contribution in [0, 0.1) is 0 Å². The highest BCUT2D eigenvalue weighted by Gasteiger charge is 2.16. The van der Waals surface area contributed by atoms with Crippen molar-refractivity contribution >= 4 is 53.6 Å². The molecule has 0 bridgehead atoms. The molecule has 0 saturated heterocycles. The molecule has 3 heterocycles. The zero-order chi connectivity index (χ0) is 25.1. The van der Waals surface area contributed by atoms with Crippen LogP contribution in [0.15, 0.2) is 126 Å². The first-order chi connectivity index (χ1) is 18.8. The van der Waals surface area contributed by atoms with E-state index in [1.54, 1.807) is 6.33 Å². The maximum atomic E-state index is 6.28. The molecule has 0 saturated carbocycles. The molecule has 3 aromatic heterocycles. The Morgan fingerprint density at radius 3 is 2.26 bits per heavy atom. The van der Waals surface area contributed by atoms with E-state index < -0.39 is 0 Å². The molecule has 8 aromatic rings.